The van der Waals surface area contributed by atoms with Gasteiger partial charge in [-0.25, -0.2) is 9.50 Å². The van der Waals surface area contributed by atoms with Crippen LogP contribution in [0.3, 0.4) is 0 Å². The Bertz CT molecular complexity index is 1020. The molecule has 0 unspecified atom stereocenters. The molecule has 154 valence electrons. The smallest absolute Gasteiger partial charge is 0.371 e. The Labute approximate surface area is 169 Å². The van der Waals surface area contributed by atoms with E-state index < -0.39 is 11.1 Å². The van der Waals surface area contributed by atoms with Crippen molar-refractivity contribution in [3.05, 3.63) is 35.3 Å². The van der Waals surface area contributed by atoms with Crippen molar-refractivity contribution in [1.82, 2.24) is 19.9 Å². The largest absolute Gasteiger partial charge is 0.425 e. The number of hydrogen-bond acceptors (Lipinski definition) is 6. The number of nitrogens with zero attached hydrogens (tertiary/aromatic N) is 4. The summed E-state index contributed by atoms with van der Waals surface area (Å²) in [4.78, 5) is 6.38. The molecule has 0 radical (unpaired) electrons. The van der Waals surface area contributed by atoms with Crippen molar-refractivity contribution in [1.29, 1.82) is 0 Å². The van der Waals surface area contributed by atoms with Crippen LogP contribution in [0.2, 0.25) is 0 Å². The van der Waals surface area contributed by atoms with E-state index in [0.29, 0.717) is 34.2 Å². The number of fused-ring (bicyclic) bond motifs is 1. The van der Waals surface area contributed by atoms with Crippen molar-refractivity contribution in [3.8, 4) is 10.6 Å². The van der Waals surface area contributed by atoms with E-state index in [9.17, 15) is 13.2 Å². The van der Waals surface area contributed by atoms with Gasteiger partial charge >= 0.3 is 6.18 Å². The summed E-state index contributed by atoms with van der Waals surface area (Å²) in [6.45, 7) is 4.00. The summed E-state index contributed by atoms with van der Waals surface area (Å²) in [5, 5.41) is 8.08. The van der Waals surface area contributed by atoms with Crippen molar-refractivity contribution in [2.24, 2.45) is 0 Å². The molecule has 2 saturated heterocycles. The molecule has 0 saturated carbocycles. The molecule has 5 heterocycles. The molecule has 29 heavy (non-hydrogen) atoms. The maximum atomic E-state index is 13.0. The minimum atomic E-state index is -4.35. The number of halogens is 3. The summed E-state index contributed by atoms with van der Waals surface area (Å²) in [6.07, 6.45) is -0.861. The molecule has 0 bridgehead atoms. The monoisotopic (exact) mass is 423 g/mol. The SMILES string of the molecule is FC(F)(F)c1ccc(-c2cnc3ccc(N4CCOC5(CCNCC5)C4)nn23)s1. The second-order valence-corrected chi connectivity index (χ2v) is 8.55. The minimum absolute atomic E-state index is 0.159. The average molecular weight is 423 g/mol. The predicted molar refractivity (Wildman–Crippen MR) is 104 cm³/mol. The first-order valence-corrected chi connectivity index (χ1v) is 10.4. The molecule has 2 fully saturated rings. The van der Waals surface area contributed by atoms with E-state index in [0.717, 1.165) is 50.9 Å². The van der Waals surface area contributed by atoms with Gasteiger partial charge in [-0.3, -0.25) is 0 Å². The molecule has 1 N–H and O–H groups in total. The highest BCUT2D eigenvalue weighted by atomic mass is 32.1. The number of hydrogen-bond donors (Lipinski definition) is 1. The van der Waals surface area contributed by atoms with Gasteiger partial charge in [-0.1, -0.05) is 0 Å². The molecule has 3 aromatic heterocycles. The third-order valence-electron chi connectivity index (χ3n) is 5.57. The van der Waals surface area contributed by atoms with Gasteiger partial charge in [0.25, 0.3) is 0 Å². The Hall–Kier alpha value is -2.17. The van der Waals surface area contributed by atoms with Gasteiger partial charge in [-0.2, -0.15) is 13.2 Å². The lowest BCUT2D eigenvalue weighted by molar-refractivity contribution is -0.134. The fourth-order valence-corrected chi connectivity index (χ4v) is 4.92. The second kappa shape index (κ2) is 6.96. The summed E-state index contributed by atoms with van der Waals surface area (Å²) < 4.78 is 46.7. The molecule has 0 atom stereocenters. The van der Waals surface area contributed by atoms with Crippen LogP contribution in [-0.4, -0.2) is 53.0 Å². The highest BCUT2D eigenvalue weighted by Gasteiger charge is 2.38. The van der Waals surface area contributed by atoms with E-state index in [1.54, 1.807) is 10.7 Å². The fraction of sp³-hybridized carbons (Fsp3) is 0.474. The van der Waals surface area contributed by atoms with E-state index >= 15 is 0 Å². The quantitative estimate of drug-likeness (QED) is 0.685. The number of morpholine rings is 1. The first-order chi connectivity index (χ1) is 13.9. The summed E-state index contributed by atoms with van der Waals surface area (Å²) in [5.74, 6) is 0.783. The van der Waals surface area contributed by atoms with Crippen molar-refractivity contribution in [2.45, 2.75) is 24.6 Å². The Morgan fingerprint density at radius 2 is 1.97 bits per heavy atom. The predicted octanol–water partition coefficient (Wildman–Crippen LogP) is 3.44. The number of thiophene rings is 1. The van der Waals surface area contributed by atoms with Gasteiger partial charge in [0.15, 0.2) is 5.65 Å². The molecule has 3 aromatic rings. The van der Waals surface area contributed by atoms with E-state index in [-0.39, 0.29) is 5.60 Å². The lowest BCUT2D eigenvalue weighted by Crippen LogP contribution is -2.56. The third-order valence-corrected chi connectivity index (χ3v) is 6.73. The van der Waals surface area contributed by atoms with Crippen LogP contribution in [0.5, 0.6) is 0 Å². The topological polar surface area (TPSA) is 54.7 Å². The maximum absolute atomic E-state index is 13.0. The summed E-state index contributed by atoms with van der Waals surface area (Å²) in [6, 6.07) is 6.35. The summed E-state index contributed by atoms with van der Waals surface area (Å²) in [7, 11) is 0. The van der Waals surface area contributed by atoms with Crippen molar-refractivity contribution >= 4 is 22.8 Å². The van der Waals surface area contributed by atoms with Crippen LogP contribution in [0, 0.1) is 0 Å². The van der Waals surface area contributed by atoms with Gasteiger partial charge in [0, 0.05) is 13.1 Å². The molecule has 0 amide bonds. The zero-order valence-electron chi connectivity index (χ0n) is 15.6. The lowest BCUT2D eigenvalue weighted by Gasteiger charge is -2.45. The number of anilines is 1. The lowest BCUT2D eigenvalue weighted by atomic mass is 9.90. The number of rotatable bonds is 2. The van der Waals surface area contributed by atoms with Crippen LogP contribution < -0.4 is 10.2 Å². The van der Waals surface area contributed by atoms with Gasteiger partial charge in [-0.05, 0) is 50.2 Å². The van der Waals surface area contributed by atoms with Crippen molar-refractivity contribution < 1.29 is 17.9 Å². The summed E-state index contributed by atoms with van der Waals surface area (Å²) >= 11 is 0.705. The van der Waals surface area contributed by atoms with Gasteiger partial charge in [0.2, 0.25) is 0 Å². The summed E-state index contributed by atoms with van der Waals surface area (Å²) in [5.41, 5.74) is 1.01. The molecule has 6 nitrogen and oxygen atoms in total. The zero-order chi connectivity index (χ0) is 20.1. The molecular formula is C19H20F3N5OS. The van der Waals surface area contributed by atoms with Crippen LogP contribution in [0.25, 0.3) is 16.2 Å². The fourth-order valence-electron chi connectivity index (χ4n) is 4.05. The number of alkyl halides is 3. The number of nitrogens with one attached hydrogen (secondary N) is 1. The Morgan fingerprint density at radius 3 is 2.72 bits per heavy atom. The molecular weight excluding hydrogens is 403 g/mol. The van der Waals surface area contributed by atoms with E-state index in [1.807, 2.05) is 12.1 Å². The number of imidazole rings is 1. The molecule has 1 spiro atoms. The molecule has 0 aliphatic carbocycles. The zero-order valence-corrected chi connectivity index (χ0v) is 16.4. The standard InChI is InChI=1S/C19H20F3N5OS/c20-19(21,22)15-2-1-14(29-15)13-11-24-16-3-4-17(25-27(13)16)26-9-10-28-18(12-26)5-7-23-8-6-18/h1-4,11,23H,5-10,12H2. The second-order valence-electron chi connectivity index (χ2n) is 7.47. The normalized spacial score (nSPS) is 19.9. The molecule has 2 aliphatic rings. The Balaban J connectivity index is 1.47. The Morgan fingerprint density at radius 1 is 1.14 bits per heavy atom. The first-order valence-electron chi connectivity index (χ1n) is 9.55. The third kappa shape index (κ3) is 3.49. The van der Waals surface area contributed by atoms with Crippen LogP contribution >= 0.6 is 11.3 Å². The van der Waals surface area contributed by atoms with Gasteiger partial charge in [0.05, 0.1) is 23.3 Å². The molecule has 5 rings (SSSR count). The molecule has 10 heteroatoms. The first kappa shape index (κ1) is 18.8. The minimum Gasteiger partial charge on any atom is -0.371 e. The van der Waals surface area contributed by atoms with Gasteiger partial charge in [-0.15, -0.1) is 16.4 Å². The van der Waals surface area contributed by atoms with Crippen LogP contribution in [0.4, 0.5) is 19.0 Å². The van der Waals surface area contributed by atoms with Crippen LogP contribution in [0.1, 0.15) is 17.7 Å². The highest BCUT2D eigenvalue weighted by Crippen LogP contribution is 2.38. The van der Waals surface area contributed by atoms with Crippen LogP contribution in [0.15, 0.2) is 30.5 Å². The molecule has 2 aliphatic heterocycles. The van der Waals surface area contributed by atoms with E-state index in [1.165, 1.54) is 6.07 Å². The number of aromatic nitrogens is 3. The van der Waals surface area contributed by atoms with Crippen molar-refractivity contribution in [2.75, 3.05) is 37.7 Å². The molecule has 0 aromatic carbocycles. The maximum Gasteiger partial charge on any atom is 0.425 e. The van der Waals surface area contributed by atoms with Crippen LogP contribution in [-0.2, 0) is 10.9 Å². The highest BCUT2D eigenvalue weighted by molar-refractivity contribution is 7.15. The van der Waals surface area contributed by atoms with E-state index in [2.05, 4.69) is 15.2 Å². The van der Waals surface area contributed by atoms with Gasteiger partial charge < -0.3 is 15.0 Å². The van der Waals surface area contributed by atoms with Crippen molar-refractivity contribution in [3.63, 3.8) is 0 Å². The average Bonchev–Trinajstić information content (AvgIpc) is 3.35. The van der Waals surface area contributed by atoms with E-state index in [4.69, 9.17) is 9.84 Å². The van der Waals surface area contributed by atoms with Gasteiger partial charge in [0.1, 0.15) is 16.4 Å². The number of piperidine rings is 1. The Kier molecular flexibility index (Phi) is 4.52. The number of ether oxygens (including phenoxy) is 1.